The summed E-state index contributed by atoms with van der Waals surface area (Å²) in [5.74, 6) is -1.57. The van der Waals surface area contributed by atoms with Gasteiger partial charge in [-0.3, -0.25) is 14.4 Å². The third kappa shape index (κ3) is 7.88. The Balaban J connectivity index is 1.51. The first-order valence-corrected chi connectivity index (χ1v) is 14.2. The lowest BCUT2D eigenvalue weighted by atomic mass is 9.80. The number of halogens is 1. The standard InChI is InChI=1S/C31H35FO7S/c1-18-6-5-7-23(27(18)16-26-12-13-30(40-26)22-8-10-24(32)11-9-22)14-25-15-28(37-20(3)34)31(38-21(4)35)29(39-25)17-36-19(2)33/h5-6,8-13,23,25,28-29,31H,7,14-17H2,1-4H3/t23?,25?,28?,29-,31+/m1/s1. The van der Waals surface area contributed by atoms with Crippen LogP contribution in [0.4, 0.5) is 4.39 Å². The van der Waals surface area contributed by atoms with Crippen LogP contribution >= 0.6 is 11.3 Å². The molecule has 0 spiro atoms. The number of hydrogen-bond acceptors (Lipinski definition) is 8. The van der Waals surface area contributed by atoms with Gasteiger partial charge in [-0.15, -0.1) is 11.3 Å². The van der Waals surface area contributed by atoms with Crippen molar-refractivity contribution in [2.24, 2.45) is 5.92 Å². The molecule has 9 heteroatoms. The Hall–Kier alpha value is -3.30. The highest BCUT2D eigenvalue weighted by molar-refractivity contribution is 7.15. The molecular formula is C31H35FO7S. The molecule has 1 aliphatic heterocycles. The molecule has 1 aromatic heterocycles. The molecule has 0 N–H and O–H groups in total. The fourth-order valence-electron chi connectivity index (χ4n) is 5.42. The second-order valence-electron chi connectivity index (χ2n) is 10.3. The van der Waals surface area contributed by atoms with Crippen molar-refractivity contribution in [3.8, 4) is 10.4 Å². The second kappa shape index (κ2) is 13.4. The highest BCUT2D eigenvalue weighted by Gasteiger charge is 2.44. The molecule has 7 nitrogen and oxygen atoms in total. The van der Waals surface area contributed by atoms with E-state index in [-0.39, 0.29) is 24.4 Å². The Morgan fingerprint density at radius 2 is 1.73 bits per heavy atom. The van der Waals surface area contributed by atoms with Gasteiger partial charge in [0.15, 0.2) is 6.10 Å². The van der Waals surface area contributed by atoms with Crippen LogP contribution < -0.4 is 0 Å². The molecule has 1 aromatic carbocycles. The molecule has 1 saturated heterocycles. The zero-order valence-electron chi connectivity index (χ0n) is 23.2. The van der Waals surface area contributed by atoms with E-state index in [1.54, 1.807) is 23.5 Å². The third-order valence-corrected chi connectivity index (χ3v) is 8.29. The number of thiophene rings is 1. The molecule has 1 fully saturated rings. The van der Waals surface area contributed by atoms with Gasteiger partial charge in [0.1, 0.15) is 24.6 Å². The number of ether oxygens (including phenoxy) is 4. The highest BCUT2D eigenvalue weighted by atomic mass is 32.1. The molecule has 40 heavy (non-hydrogen) atoms. The van der Waals surface area contributed by atoms with E-state index >= 15 is 0 Å². The lowest BCUT2D eigenvalue weighted by Gasteiger charge is -2.41. The van der Waals surface area contributed by atoms with Crippen molar-refractivity contribution in [3.63, 3.8) is 0 Å². The zero-order valence-corrected chi connectivity index (χ0v) is 24.0. The quantitative estimate of drug-likeness (QED) is 0.271. The van der Waals surface area contributed by atoms with Crippen LogP contribution in [-0.2, 0) is 39.8 Å². The number of benzene rings is 1. The summed E-state index contributed by atoms with van der Waals surface area (Å²) in [6.45, 7) is 5.88. The van der Waals surface area contributed by atoms with Gasteiger partial charge in [-0.2, -0.15) is 0 Å². The maximum Gasteiger partial charge on any atom is 0.303 e. The third-order valence-electron chi connectivity index (χ3n) is 7.16. The van der Waals surface area contributed by atoms with E-state index in [4.69, 9.17) is 18.9 Å². The fourth-order valence-corrected chi connectivity index (χ4v) is 6.46. The minimum Gasteiger partial charge on any atom is -0.463 e. The van der Waals surface area contributed by atoms with E-state index in [2.05, 4.69) is 31.2 Å². The number of allylic oxidation sites excluding steroid dienone is 4. The molecule has 4 rings (SSSR count). The van der Waals surface area contributed by atoms with Gasteiger partial charge in [-0.05, 0) is 55.5 Å². The molecule has 2 heterocycles. The summed E-state index contributed by atoms with van der Waals surface area (Å²) in [5, 5.41) is 0. The van der Waals surface area contributed by atoms with E-state index in [1.165, 1.54) is 48.9 Å². The van der Waals surface area contributed by atoms with Crippen LogP contribution in [0.3, 0.4) is 0 Å². The predicted octanol–water partition coefficient (Wildman–Crippen LogP) is 5.96. The van der Waals surface area contributed by atoms with Crippen molar-refractivity contribution in [1.82, 2.24) is 0 Å². The molecule has 0 bridgehead atoms. The van der Waals surface area contributed by atoms with Crippen molar-refractivity contribution >= 4 is 29.2 Å². The summed E-state index contributed by atoms with van der Waals surface area (Å²) < 4.78 is 36.0. The Labute approximate surface area is 238 Å². The molecule has 0 saturated carbocycles. The molecule has 2 aromatic rings. The van der Waals surface area contributed by atoms with Gasteiger partial charge < -0.3 is 18.9 Å². The van der Waals surface area contributed by atoms with Gasteiger partial charge in [0.2, 0.25) is 0 Å². The van der Waals surface area contributed by atoms with Crippen molar-refractivity contribution < 1.29 is 37.7 Å². The molecule has 2 aliphatic rings. The van der Waals surface area contributed by atoms with Crippen LogP contribution in [0.2, 0.25) is 0 Å². The van der Waals surface area contributed by atoms with Gasteiger partial charge in [0, 0.05) is 43.4 Å². The topological polar surface area (TPSA) is 88.1 Å². The molecule has 214 valence electrons. The molecule has 0 radical (unpaired) electrons. The Kier molecular flexibility index (Phi) is 9.92. The molecular weight excluding hydrogens is 535 g/mol. The maximum absolute atomic E-state index is 13.4. The van der Waals surface area contributed by atoms with Crippen molar-refractivity contribution in [1.29, 1.82) is 0 Å². The normalized spacial score (nSPS) is 24.5. The Morgan fingerprint density at radius 1 is 1.00 bits per heavy atom. The number of carbonyl (C=O) groups excluding carboxylic acids is 3. The van der Waals surface area contributed by atoms with Crippen molar-refractivity contribution in [2.75, 3.05) is 6.61 Å². The number of rotatable bonds is 9. The summed E-state index contributed by atoms with van der Waals surface area (Å²) in [4.78, 5) is 37.6. The van der Waals surface area contributed by atoms with Gasteiger partial charge in [0.05, 0.1) is 6.10 Å². The molecule has 1 aliphatic carbocycles. The largest absolute Gasteiger partial charge is 0.463 e. The average molecular weight is 571 g/mol. The zero-order chi connectivity index (χ0) is 28.8. The lowest BCUT2D eigenvalue weighted by molar-refractivity contribution is -0.216. The molecule has 5 atom stereocenters. The summed E-state index contributed by atoms with van der Waals surface area (Å²) in [6, 6.07) is 10.7. The summed E-state index contributed by atoms with van der Waals surface area (Å²) >= 11 is 1.69. The predicted molar refractivity (Wildman–Crippen MR) is 149 cm³/mol. The Bertz CT molecular complexity index is 1280. The average Bonchev–Trinajstić information content (AvgIpc) is 3.35. The molecule has 3 unspecified atom stereocenters. The fraction of sp³-hybridized carbons (Fsp3) is 0.452. The number of carbonyl (C=O) groups is 3. The minimum absolute atomic E-state index is 0.116. The van der Waals surface area contributed by atoms with E-state index in [9.17, 15) is 18.8 Å². The van der Waals surface area contributed by atoms with Crippen LogP contribution in [0.5, 0.6) is 0 Å². The number of hydrogen-bond donors (Lipinski definition) is 0. The first-order chi connectivity index (χ1) is 19.1. The van der Waals surface area contributed by atoms with E-state index in [0.29, 0.717) is 12.8 Å². The first kappa shape index (κ1) is 29.7. The maximum atomic E-state index is 13.4. The Morgan fingerprint density at radius 3 is 2.40 bits per heavy atom. The van der Waals surface area contributed by atoms with Gasteiger partial charge in [-0.25, -0.2) is 4.39 Å². The smallest absolute Gasteiger partial charge is 0.303 e. The van der Waals surface area contributed by atoms with E-state index in [1.807, 2.05) is 0 Å². The summed E-state index contributed by atoms with van der Waals surface area (Å²) in [7, 11) is 0. The van der Waals surface area contributed by atoms with E-state index in [0.717, 1.165) is 23.3 Å². The minimum atomic E-state index is -0.879. The molecule has 0 amide bonds. The van der Waals surface area contributed by atoms with E-state index < -0.39 is 36.2 Å². The van der Waals surface area contributed by atoms with Crippen LogP contribution in [-0.4, -0.2) is 48.9 Å². The van der Waals surface area contributed by atoms with Crippen LogP contribution in [0.25, 0.3) is 10.4 Å². The van der Waals surface area contributed by atoms with Gasteiger partial charge in [-0.1, -0.05) is 35.4 Å². The van der Waals surface area contributed by atoms with Crippen LogP contribution in [0.1, 0.15) is 51.8 Å². The second-order valence-corrected chi connectivity index (χ2v) is 11.5. The van der Waals surface area contributed by atoms with Gasteiger partial charge in [0.25, 0.3) is 0 Å². The van der Waals surface area contributed by atoms with Crippen LogP contribution in [0.15, 0.2) is 59.7 Å². The summed E-state index contributed by atoms with van der Waals surface area (Å²) in [5.41, 5.74) is 3.49. The first-order valence-electron chi connectivity index (χ1n) is 13.4. The van der Waals surface area contributed by atoms with Crippen molar-refractivity contribution in [2.45, 2.75) is 77.8 Å². The lowest BCUT2D eigenvalue weighted by Crippen LogP contribution is -2.54. The van der Waals surface area contributed by atoms with Crippen molar-refractivity contribution in [3.05, 3.63) is 70.4 Å². The van der Waals surface area contributed by atoms with Gasteiger partial charge >= 0.3 is 17.9 Å². The monoisotopic (exact) mass is 570 g/mol. The highest BCUT2D eigenvalue weighted by Crippen LogP contribution is 2.38. The van der Waals surface area contributed by atoms with Crippen LogP contribution in [0, 0.1) is 11.7 Å². The SMILES string of the molecule is CC(=O)OC[C@H]1OC(CC2CC=CC(C)=C2Cc2ccc(-c3ccc(F)cc3)s2)CC(OC(C)=O)[C@@H]1OC(C)=O. The number of esters is 3. The summed E-state index contributed by atoms with van der Waals surface area (Å²) in [6.07, 6.45) is 4.26.